The molecule has 1 unspecified atom stereocenters. The molecule has 1 atom stereocenters. The van der Waals surface area contributed by atoms with E-state index in [-0.39, 0.29) is 12.0 Å². The second-order valence-electron chi connectivity index (χ2n) is 4.00. The Morgan fingerprint density at radius 2 is 2.00 bits per heavy atom. The molecule has 0 saturated heterocycles. The van der Waals surface area contributed by atoms with Crippen LogP contribution in [0.4, 0.5) is 0 Å². The van der Waals surface area contributed by atoms with Crippen LogP contribution in [0.1, 0.15) is 27.2 Å². The molecule has 68 valence electrons. The molecular formula is C9H20O2. The fraction of sp³-hybridized carbons (Fsp3) is 1.00. The Hall–Kier alpha value is -0.0800. The summed E-state index contributed by atoms with van der Waals surface area (Å²) in [4.78, 5) is 0. The lowest BCUT2D eigenvalue weighted by atomic mass is 9.83. The Kier molecular flexibility index (Phi) is 4.69. The number of aliphatic hydroxyl groups is 1. The highest BCUT2D eigenvalue weighted by Gasteiger charge is 2.24. The van der Waals surface area contributed by atoms with Crippen molar-refractivity contribution in [3.05, 3.63) is 0 Å². The van der Waals surface area contributed by atoms with Gasteiger partial charge in [0.1, 0.15) is 0 Å². The summed E-state index contributed by atoms with van der Waals surface area (Å²) in [6.45, 7) is 7.21. The third kappa shape index (κ3) is 4.38. The van der Waals surface area contributed by atoms with Crippen molar-refractivity contribution in [2.75, 3.05) is 20.3 Å². The van der Waals surface area contributed by atoms with Crippen LogP contribution in [0, 0.1) is 11.3 Å². The van der Waals surface area contributed by atoms with Crippen molar-refractivity contribution < 1.29 is 9.84 Å². The molecule has 2 nitrogen and oxygen atoms in total. The molecule has 2 heteroatoms. The van der Waals surface area contributed by atoms with E-state index in [1.165, 1.54) is 0 Å². The van der Waals surface area contributed by atoms with Gasteiger partial charge in [-0.05, 0) is 12.3 Å². The molecule has 0 radical (unpaired) electrons. The predicted molar refractivity (Wildman–Crippen MR) is 46.5 cm³/mol. The van der Waals surface area contributed by atoms with E-state index in [2.05, 4.69) is 20.8 Å². The minimum atomic E-state index is -0.0527. The fourth-order valence-corrected chi connectivity index (χ4v) is 1.50. The standard InChI is InChI=1S/C9H20O2/c1-8(2)5-9(3,6-10)7-11-4/h8,10H,5-7H2,1-4H3. The largest absolute Gasteiger partial charge is 0.396 e. The first-order valence-corrected chi connectivity index (χ1v) is 4.14. The van der Waals surface area contributed by atoms with Crippen LogP contribution < -0.4 is 0 Å². The van der Waals surface area contributed by atoms with Crippen LogP contribution in [0.15, 0.2) is 0 Å². The third-order valence-electron chi connectivity index (χ3n) is 1.78. The molecule has 0 aliphatic rings. The lowest BCUT2D eigenvalue weighted by Gasteiger charge is -2.27. The number of rotatable bonds is 5. The van der Waals surface area contributed by atoms with Crippen molar-refractivity contribution in [2.24, 2.45) is 11.3 Å². The van der Waals surface area contributed by atoms with Gasteiger partial charge in [0.25, 0.3) is 0 Å². The van der Waals surface area contributed by atoms with E-state index in [1.54, 1.807) is 7.11 Å². The number of aliphatic hydroxyl groups excluding tert-OH is 1. The number of hydrogen-bond acceptors (Lipinski definition) is 2. The average Bonchev–Trinajstić information content (AvgIpc) is 1.87. The Morgan fingerprint density at radius 1 is 1.45 bits per heavy atom. The lowest BCUT2D eigenvalue weighted by Crippen LogP contribution is -2.28. The highest BCUT2D eigenvalue weighted by atomic mass is 16.5. The van der Waals surface area contributed by atoms with E-state index in [9.17, 15) is 0 Å². The summed E-state index contributed by atoms with van der Waals surface area (Å²) in [5.41, 5.74) is -0.0527. The summed E-state index contributed by atoms with van der Waals surface area (Å²) in [5, 5.41) is 9.09. The number of hydrogen-bond donors (Lipinski definition) is 1. The maximum absolute atomic E-state index is 9.09. The van der Waals surface area contributed by atoms with Crippen LogP contribution >= 0.6 is 0 Å². The van der Waals surface area contributed by atoms with E-state index in [4.69, 9.17) is 9.84 Å². The smallest absolute Gasteiger partial charge is 0.0538 e. The van der Waals surface area contributed by atoms with Gasteiger partial charge in [0.05, 0.1) is 13.2 Å². The predicted octanol–water partition coefficient (Wildman–Crippen LogP) is 1.68. The zero-order valence-corrected chi connectivity index (χ0v) is 8.05. The SMILES string of the molecule is COCC(C)(CO)CC(C)C. The van der Waals surface area contributed by atoms with Crippen LogP contribution in [0.25, 0.3) is 0 Å². The van der Waals surface area contributed by atoms with Gasteiger partial charge in [0, 0.05) is 12.5 Å². The first kappa shape index (κ1) is 10.9. The van der Waals surface area contributed by atoms with Crippen LogP contribution in [0.2, 0.25) is 0 Å². The van der Waals surface area contributed by atoms with E-state index < -0.39 is 0 Å². The molecule has 0 aromatic heterocycles. The van der Waals surface area contributed by atoms with Gasteiger partial charge < -0.3 is 9.84 Å². The molecule has 11 heavy (non-hydrogen) atoms. The minimum Gasteiger partial charge on any atom is -0.396 e. The molecule has 0 bridgehead atoms. The molecule has 0 fully saturated rings. The highest BCUT2D eigenvalue weighted by molar-refractivity contribution is 4.73. The van der Waals surface area contributed by atoms with Crippen molar-refractivity contribution in [1.82, 2.24) is 0 Å². The molecule has 0 spiro atoms. The molecule has 1 N–H and O–H groups in total. The Balaban J connectivity index is 3.87. The van der Waals surface area contributed by atoms with E-state index in [0.717, 1.165) is 6.42 Å². The minimum absolute atomic E-state index is 0.0527. The summed E-state index contributed by atoms with van der Waals surface area (Å²) in [6, 6.07) is 0. The molecule has 0 heterocycles. The Morgan fingerprint density at radius 3 is 2.27 bits per heavy atom. The normalized spacial score (nSPS) is 16.9. The second-order valence-corrected chi connectivity index (χ2v) is 4.00. The summed E-state index contributed by atoms with van der Waals surface area (Å²) in [6.07, 6.45) is 1.01. The van der Waals surface area contributed by atoms with Gasteiger partial charge in [0.15, 0.2) is 0 Å². The molecule has 0 aliphatic carbocycles. The molecule has 0 amide bonds. The van der Waals surface area contributed by atoms with E-state index >= 15 is 0 Å². The van der Waals surface area contributed by atoms with Gasteiger partial charge in [-0.3, -0.25) is 0 Å². The Labute approximate surface area is 69.6 Å². The first-order valence-electron chi connectivity index (χ1n) is 4.14. The summed E-state index contributed by atoms with van der Waals surface area (Å²) >= 11 is 0. The van der Waals surface area contributed by atoms with Crippen LogP contribution in [0.5, 0.6) is 0 Å². The Bertz CT molecular complexity index is 102. The first-order chi connectivity index (χ1) is 5.04. The van der Waals surface area contributed by atoms with Gasteiger partial charge >= 0.3 is 0 Å². The zero-order valence-electron chi connectivity index (χ0n) is 8.05. The van der Waals surface area contributed by atoms with Gasteiger partial charge in [-0.1, -0.05) is 20.8 Å². The lowest BCUT2D eigenvalue weighted by molar-refractivity contribution is 0.0279. The van der Waals surface area contributed by atoms with Gasteiger partial charge in [0.2, 0.25) is 0 Å². The number of methoxy groups -OCH3 is 1. The molecule has 0 rings (SSSR count). The molecular weight excluding hydrogens is 140 g/mol. The van der Waals surface area contributed by atoms with Crippen LogP contribution in [-0.2, 0) is 4.74 Å². The van der Waals surface area contributed by atoms with Crippen molar-refractivity contribution in [3.8, 4) is 0 Å². The van der Waals surface area contributed by atoms with Crippen LogP contribution in [0.3, 0.4) is 0 Å². The topological polar surface area (TPSA) is 29.5 Å². The fourth-order valence-electron chi connectivity index (χ4n) is 1.50. The summed E-state index contributed by atoms with van der Waals surface area (Å²) in [5.74, 6) is 0.613. The number of ether oxygens (including phenoxy) is 1. The van der Waals surface area contributed by atoms with Crippen molar-refractivity contribution in [1.29, 1.82) is 0 Å². The van der Waals surface area contributed by atoms with E-state index in [1.807, 2.05) is 0 Å². The second kappa shape index (κ2) is 4.73. The molecule has 0 aromatic carbocycles. The van der Waals surface area contributed by atoms with Gasteiger partial charge in [-0.15, -0.1) is 0 Å². The van der Waals surface area contributed by atoms with Crippen molar-refractivity contribution in [2.45, 2.75) is 27.2 Å². The van der Waals surface area contributed by atoms with Crippen molar-refractivity contribution >= 4 is 0 Å². The quantitative estimate of drug-likeness (QED) is 0.663. The third-order valence-corrected chi connectivity index (χ3v) is 1.78. The molecule has 0 saturated carbocycles. The van der Waals surface area contributed by atoms with E-state index in [0.29, 0.717) is 12.5 Å². The van der Waals surface area contributed by atoms with Crippen LogP contribution in [-0.4, -0.2) is 25.4 Å². The molecule has 0 aliphatic heterocycles. The highest BCUT2D eigenvalue weighted by Crippen LogP contribution is 2.25. The van der Waals surface area contributed by atoms with Gasteiger partial charge in [-0.2, -0.15) is 0 Å². The van der Waals surface area contributed by atoms with Gasteiger partial charge in [-0.25, -0.2) is 0 Å². The van der Waals surface area contributed by atoms with Crippen molar-refractivity contribution in [3.63, 3.8) is 0 Å². The maximum Gasteiger partial charge on any atom is 0.0538 e. The summed E-state index contributed by atoms with van der Waals surface area (Å²) in [7, 11) is 1.67. The average molecular weight is 160 g/mol. The maximum atomic E-state index is 9.09. The molecule has 0 aromatic rings. The zero-order chi connectivity index (χ0) is 8.91. The summed E-state index contributed by atoms with van der Waals surface area (Å²) < 4.78 is 5.04. The monoisotopic (exact) mass is 160 g/mol.